The smallest absolute Gasteiger partial charge is 0.159 e. The molecule has 3 aromatic heterocycles. The Kier molecular flexibility index (Phi) is 6.10. The van der Waals surface area contributed by atoms with Gasteiger partial charge in [0.25, 0.3) is 0 Å². The standard InChI is InChI=1S/C27H29N7/c1-4-18(17(3)30-21-8-11-28-12-9-21)14-19(5-2)20-6-7-23-22(15-20)26(34-33-23)27-31-24-10-13-29-16-25(24)32-27/h4-7,10,13-16,21,28,30H,1,3,8-9,11-12H2,2H3,(H,31,32)(H,33,34)/b18-14+,19-5+. The van der Waals surface area contributed by atoms with E-state index in [4.69, 9.17) is 4.98 Å². The molecule has 34 heavy (non-hydrogen) atoms. The van der Waals surface area contributed by atoms with Crippen LogP contribution in [-0.2, 0) is 0 Å². The Balaban J connectivity index is 1.46. The molecule has 4 heterocycles. The summed E-state index contributed by atoms with van der Waals surface area (Å²) in [6.07, 6.45) is 11.8. The van der Waals surface area contributed by atoms with Crippen molar-refractivity contribution in [3.8, 4) is 11.5 Å². The van der Waals surface area contributed by atoms with Crippen LogP contribution >= 0.6 is 0 Å². The molecule has 4 N–H and O–H groups in total. The van der Waals surface area contributed by atoms with Gasteiger partial charge in [-0.3, -0.25) is 10.1 Å². The van der Waals surface area contributed by atoms with Crippen molar-refractivity contribution in [2.45, 2.75) is 25.8 Å². The number of rotatable bonds is 7. The highest BCUT2D eigenvalue weighted by atomic mass is 15.1. The zero-order valence-corrected chi connectivity index (χ0v) is 19.4. The number of fused-ring (bicyclic) bond motifs is 2. The Bertz CT molecular complexity index is 1380. The Morgan fingerprint density at radius 1 is 1.18 bits per heavy atom. The molecule has 1 aliphatic heterocycles. The molecule has 0 unspecified atom stereocenters. The number of hydrogen-bond acceptors (Lipinski definition) is 5. The highest BCUT2D eigenvalue weighted by molar-refractivity contribution is 5.95. The minimum absolute atomic E-state index is 0.440. The molecule has 5 rings (SSSR count). The van der Waals surface area contributed by atoms with Gasteiger partial charge in [-0.2, -0.15) is 5.10 Å². The lowest BCUT2D eigenvalue weighted by Crippen LogP contribution is -2.39. The summed E-state index contributed by atoms with van der Waals surface area (Å²) in [4.78, 5) is 12.2. The Labute approximate surface area is 198 Å². The van der Waals surface area contributed by atoms with Gasteiger partial charge in [-0.1, -0.05) is 31.4 Å². The number of allylic oxidation sites excluding steroid dienone is 4. The van der Waals surface area contributed by atoms with Crippen molar-refractivity contribution in [3.63, 3.8) is 0 Å². The van der Waals surface area contributed by atoms with Gasteiger partial charge in [0.05, 0.1) is 22.7 Å². The van der Waals surface area contributed by atoms with Crippen molar-refractivity contribution in [1.29, 1.82) is 0 Å². The molecule has 0 atom stereocenters. The Hall–Kier alpha value is -3.97. The maximum atomic E-state index is 4.70. The molecule has 0 spiro atoms. The summed E-state index contributed by atoms with van der Waals surface area (Å²) in [5.41, 5.74) is 7.56. The van der Waals surface area contributed by atoms with Gasteiger partial charge in [-0.15, -0.1) is 0 Å². The van der Waals surface area contributed by atoms with Crippen LogP contribution < -0.4 is 10.6 Å². The van der Waals surface area contributed by atoms with E-state index in [1.54, 1.807) is 12.4 Å². The van der Waals surface area contributed by atoms with Gasteiger partial charge in [0.2, 0.25) is 0 Å². The molecule has 1 saturated heterocycles. The van der Waals surface area contributed by atoms with E-state index in [-0.39, 0.29) is 0 Å². The minimum Gasteiger partial charge on any atom is -0.382 e. The van der Waals surface area contributed by atoms with E-state index in [1.165, 1.54) is 0 Å². The molecule has 0 amide bonds. The zero-order chi connectivity index (χ0) is 23.5. The summed E-state index contributed by atoms with van der Waals surface area (Å²) in [5.74, 6) is 0.718. The fourth-order valence-electron chi connectivity index (χ4n) is 4.41. The normalized spacial score (nSPS) is 15.7. The number of aromatic nitrogens is 5. The van der Waals surface area contributed by atoms with Crippen LogP contribution in [0.15, 0.2) is 79.3 Å². The van der Waals surface area contributed by atoms with E-state index in [0.29, 0.717) is 6.04 Å². The molecule has 0 saturated carbocycles. The number of pyridine rings is 1. The van der Waals surface area contributed by atoms with Crippen LogP contribution in [0.4, 0.5) is 0 Å². The predicted octanol–water partition coefficient (Wildman–Crippen LogP) is 4.87. The first-order valence-corrected chi connectivity index (χ1v) is 11.6. The molecule has 4 aromatic rings. The Morgan fingerprint density at radius 3 is 2.79 bits per heavy atom. The summed E-state index contributed by atoms with van der Waals surface area (Å²) < 4.78 is 0. The molecule has 172 valence electrons. The quantitative estimate of drug-likeness (QED) is 0.301. The number of benzene rings is 1. The van der Waals surface area contributed by atoms with Gasteiger partial charge in [-0.25, -0.2) is 4.98 Å². The van der Waals surface area contributed by atoms with E-state index in [0.717, 1.165) is 81.8 Å². The van der Waals surface area contributed by atoms with Crippen LogP contribution in [0.2, 0.25) is 0 Å². The molecular formula is C27H29N7. The lowest BCUT2D eigenvalue weighted by molar-refractivity contribution is 0.414. The SMILES string of the molecule is C=C/C(=C\C(=C/C)c1ccc2[nH]nc(-c3nc4ccncc4[nH]3)c2c1)C(=C)NC1CCNCC1. The summed E-state index contributed by atoms with van der Waals surface area (Å²) in [6.45, 7) is 12.4. The lowest BCUT2D eigenvalue weighted by atomic mass is 9.99. The number of imidazole rings is 1. The summed E-state index contributed by atoms with van der Waals surface area (Å²) in [6, 6.07) is 8.63. The van der Waals surface area contributed by atoms with E-state index in [9.17, 15) is 0 Å². The maximum Gasteiger partial charge on any atom is 0.159 e. The number of H-pyrrole nitrogens is 2. The second kappa shape index (κ2) is 9.49. The van der Waals surface area contributed by atoms with Crippen LogP contribution in [0.3, 0.4) is 0 Å². The molecule has 0 bridgehead atoms. The van der Waals surface area contributed by atoms with Gasteiger partial charge in [0.15, 0.2) is 5.82 Å². The first-order valence-electron chi connectivity index (χ1n) is 11.6. The predicted molar refractivity (Wildman–Crippen MR) is 139 cm³/mol. The van der Waals surface area contributed by atoms with Gasteiger partial charge >= 0.3 is 0 Å². The molecule has 0 aliphatic carbocycles. The van der Waals surface area contributed by atoms with Crippen molar-refractivity contribution in [2.75, 3.05) is 13.1 Å². The number of nitrogens with zero attached hydrogens (tertiary/aromatic N) is 3. The third kappa shape index (κ3) is 4.30. The number of aromatic amines is 2. The molecule has 1 fully saturated rings. The average Bonchev–Trinajstić information content (AvgIpc) is 3.49. The maximum absolute atomic E-state index is 4.70. The fourth-order valence-corrected chi connectivity index (χ4v) is 4.41. The monoisotopic (exact) mass is 451 g/mol. The third-order valence-electron chi connectivity index (χ3n) is 6.31. The minimum atomic E-state index is 0.440. The second-order valence-electron chi connectivity index (χ2n) is 8.51. The number of piperidine rings is 1. The van der Waals surface area contributed by atoms with Crippen LogP contribution in [0.1, 0.15) is 25.3 Å². The van der Waals surface area contributed by atoms with Crippen molar-refractivity contribution in [1.82, 2.24) is 35.8 Å². The van der Waals surface area contributed by atoms with Gasteiger partial charge < -0.3 is 15.6 Å². The third-order valence-corrected chi connectivity index (χ3v) is 6.31. The lowest BCUT2D eigenvalue weighted by Gasteiger charge is -2.26. The van der Waals surface area contributed by atoms with E-state index < -0.39 is 0 Å². The largest absolute Gasteiger partial charge is 0.382 e. The number of nitrogens with one attached hydrogen (secondary N) is 4. The van der Waals surface area contributed by atoms with Crippen molar-refractivity contribution >= 4 is 27.5 Å². The molecule has 0 radical (unpaired) electrons. The average molecular weight is 452 g/mol. The second-order valence-corrected chi connectivity index (χ2v) is 8.51. The Morgan fingerprint density at radius 2 is 2.03 bits per heavy atom. The van der Waals surface area contributed by atoms with Crippen molar-refractivity contribution in [3.05, 3.63) is 84.9 Å². The van der Waals surface area contributed by atoms with Crippen LogP contribution in [0, 0.1) is 0 Å². The van der Waals surface area contributed by atoms with E-state index >= 15 is 0 Å². The topological polar surface area (TPSA) is 94.3 Å². The van der Waals surface area contributed by atoms with E-state index in [2.05, 4.69) is 74.3 Å². The molecule has 7 nitrogen and oxygen atoms in total. The highest BCUT2D eigenvalue weighted by Gasteiger charge is 2.16. The van der Waals surface area contributed by atoms with Gasteiger partial charge in [0.1, 0.15) is 5.69 Å². The summed E-state index contributed by atoms with van der Waals surface area (Å²) >= 11 is 0. The zero-order valence-electron chi connectivity index (χ0n) is 19.4. The first-order chi connectivity index (χ1) is 16.7. The highest BCUT2D eigenvalue weighted by Crippen LogP contribution is 2.30. The van der Waals surface area contributed by atoms with Crippen molar-refractivity contribution < 1.29 is 0 Å². The molecular weight excluding hydrogens is 422 g/mol. The summed E-state index contributed by atoms with van der Waals surface area (Å²) in [7, 11) is 0. The molecule has 7 heteroatoms. The van der Waals surface area contributed by atoms with E-state index in [1.807, 2.05) is 19.1 Å². The van der Waals surface area contributed by atoms with Crippen LogP contribution in [-0.4, -0.2) is 44.3 Å². The first kappa shape index (κ1) is 21.9. The van der Waals surface area contributed by atoms with Gasteiger partial charge in [-0.05, 0) is 73.8 Å². The van der Waals surface area contributed by atoms with Crippen molar-refractivity contribution in [2.24, 2.45) is 0 Å². The van der Waals surface area contributed by atoms with Crippen LogP contribution in [0.5, 0.6) is 0 Å². The fraction of sp³-hybridized carbons (Fsp3) is 0.222. The molecule has 1 aliphatic rings. The summed E-state index contributed by atoms with van der Waals surface area (Å²) in [5, 5.41) is 15.7. The van der Waals surface area contributed by atoms with Gasteiger partial charge in [0, 0.05) is 23.3 Å². The molecule has 1 aromatic carbocycles. The number of hydrogen-bond donors (Lipinski definition) is 4. The van der Waals surface area contributed by atoms with Crippen LogP contribution in [0.25, 0.3) is 39.0 Å².